The largest absolute Gasteiger partial charge is 0.382 e. The number of nitrogens with zero attached hydrogens (tertiary/aromatic N) is 3. The molecule has 2 heterocycles. The van der Waals surface area contributed by atoms with Crippen molar-refractivity contribution in [1.29, 1.82) is 0 Å². The van der Waals surface area contributed by atoms with E-state index in [0.29, 0.717) is 22.4 Å². The molecule has 5 nitrogen and oxygen atoms in total. The van der Waals surface area contributed by atoms with E-state index in [4.69, 9.17) is 5.73 Å². The molecular weight excluding hydrogens is 264 g/mol. The van der Waals surface area contributed by atoms with Gasteiger partial charge in [0.1, 0.15) is 18.0 Å². The van der Waals surface area contributed by atoms with Crippen LogP contribution in [0, 0.1) is 11.6 Å². The van der Waals surface area contributed by atoms with Crippen LogP contribution >= 0.6 is 0 Å². The Bertz CT molecular complexity index is 734. The van der Waals surface area contributed by atoms with Gasteiger partial charge in [-0.05, 0) is 17.7 Å². The monoisotopic (exact) mass is 273 g/mol. The second-order valence-corrected chi connectivity index (χ2v) is 4.14. The summed E-state index contributed by atoms with van der Waals surface area (Å²) < 4.78 is 26.7. The molecule has 100 valence electrons. The molecule has 3 aromatic rings. The van der Waals surface area contributed by atoms with Crippen LogP contribution in [0.5, 0.6) is 0 Å². The number of nitrogen functional groups attached to an aromatic ring is 1. The van der Waals surface area contributed by atoms with Crippen LogP contribution in [0.2, 0.25) is 0 Å². The number of aromatic amines is 1. The van der Waals surface area contributed by atoms with Crippen molar-refractivity contribution in [3.63, 3.8) is 0 Å². The molecule has 0 saturated heterocycles. The smallest absolute Gasteiger partial charge is 0.153 e. The molecule has 3 N–H and O–H groups in total. The average Bonchev–Trinajstić information content (AvgIpc) is 2.80. The molecular formula is C13H9F2N5. The van der Waals surface area contributed by atoms with Crippen LogP contribution in [0.15, 0.2) is 36.9 Å². The van der Waals surface area contributed by atoms with Crippen LogP contribution < -0.4 is 5.73 Å². The Kier molecular flexibility index (Phi) is 2.86. The number of nitrogens with two attached hydrogens (primary N) is 1. The number of aromatic nitrogens is 4. The highest BCUT2D eigenvalue weighted by atomic mass is 19.1. The zero-order chi connectivity index (χ0) is 14.1. The van der Waals surface area contributed by atoms with Crippen molar-refractivity contribution in [2.24, 2.45) is 0 Å². The van der Waals surface area contributed by atoms with Crippen molar-refractivity contribution >= 4 is 5.82 Å². The molecule has 0 unspecified atom stereocenters. The highest BCUT2D eigenvalue weighted by Crippen LogP contribution is 2.34. The van der Waals surface area contributed by atoms with E-state index in [2.05, 4.69) is 20.2 Å². The van der Waals surface area contributed by atoms with Crippen LogP contribution in [0.3, 0.4) is 0 Å². The van der Waals surface area contributed by atoms with E-state index in [1.807, 2.05) is 0 Å². The summed E-state index contributed by atoms with van der Waals surface area (Å²) in [6.45, 7) is 0. The number of halogens is 2. The Balaban J connectivity index is 2.22. The number of hydrogen-bond donors (Lipinski definition) is 2. The van der Waals surface area contributed by atoms with E-state index in [1.165, 1.54) is 18.5 Å². The van der Waals surface area contributed by atoms with Crippen molar-refractivity contribution in [1.82, 2.24) is 20.2 Å². The van der Waals surface area contributed by atoms with Crippen molar-refractivity contribution in [3.05, 3.63) is 48.6 Å². The number of rotatable bonds is 2. The van der Waals surface area contributed by atoms with E-state index < -0.39 is 11.6 Å². The maximum absolute atomic E-state index is 13.3. The molecule has 7 heteroatoms. The summed E-state index contributed by atoms with van der Waals surface area (Å²) in [6, 6.07) is 3.18. The van der Waals surface area contributed by atoms with Crippen molar-refractivity contribution < 1.29 is 8.78 Å². The first-order valence-electron chi connectivity index (χ1n) is 5.71. The van der Waals surface area contributed by atoms with Gasteiger partial charge in [0.05, 0.1) is 11.3 Å². The lowest BCUT2D eigenvalue weighted by Crippen LogP contribution is -1.91. The predicted octanol–water partition coefficient (Wildman–Crippen LogP) is 2.39. The van der Waals surface area contributed by atoms with Crippen LogP contribution in [-0.4, -0.2) is 20.2 Å². The van der Waals surface area contributed by atoms with Crippen LogP contribution in [0.25, 0.3) is 22.4 Å². The summed E-state index contributed by atoms with van der Waals surface area (Å²) in [5.41, 5.74) is 7.63. The van der Waals surface area contributed by atoms with E-state index in [0.717, 1.165) is 6.07 Å². The Morgan fingerprint density at radius 3 is 2.25 bits per heavy atom. The lowest BCUT2D eigenvalue weighted by atomic mass is 10.0. The van der Waals surface area contributed by atoms with Crippen molar-refractivity contribution in [2.45, 2.75) is 0 Å². The van der Waals surface area contributed by atoms with Gasteiger partial charge in [0, 0.05) is 24.0 Å². The summed E-state index contributed by atoms with van der Waals surface area (Å²) in [5.74, 6) is -1.22. The maximum Gasteiger partial charge on any atom is 0.153 e. The molecule has 20 heavy (non-hydrogen) atoms. The standard InChI is InChI=1S/C13H9F2N5/c14-9-1-7(2-10(15)3-9)11-12(19-20-13(11)16)8-4-17-6-18-5-8/h1-6H,(H3,16,19,20). The first-order valence-corrected chi connectivity index (χ1v) is 5.71. The topological polar surface area (TPSA) is 80.5 Å². The highest BCUT2D eigenvalue weighted by Gasteiger charge is 2.16. The molecule has 2 aromatic heterocycles. The van der Waals surface area contributed by atoms with Gasteiger partial charge in [-0.25, -0.2) is 18.7 Å². The molecule has 0 saturated carbocycles. The van der Waals surface area contributed by atoms with Gasteiger partial charge in [0.2, 0.25) is 0 Å². The van der Waals surface area contributed by atoms with Crippen LogP contribution in [-0.2, 0) is 0 Å². The summed E-state index contributed by atoms with van der Waals surface area (Å²) >= 11 is 0. The third-order valence-corrected chi connectivity index (χ3v) is 2.79. The first-order chi connectivity index (χ1) is 9.65. The summed E-state index contributed by atoms with van der Waals surface area (Å²) in [5, 5.41) is 6.61. The summed E-state index contributed by atoms with van der Waals surface area (Å²) in [4.78, 5) is 7.78. The minimum absolute atomic E-state index is 0.147. The molecule has 0 aliphatic carbocycles. The van der Waals surface area contributed by atoms with Crippen molar-refractivity contribution in [3.8, 4) is 22.4 Å². The van der Waals surface area contributed by atoms with E-state index in [-0.39, 0.29) is 5.82 Å². The van der Waals surface area contributed by atoms with Crippen molar-refractivity contribution in [2.75, 3.05) is 5.73 Å². The Labute approximate surface area is 112 Å². The zero-order valence-corrected chi connectivity index (χ0v) is 10.1. The third kappa shape index (κ3) is 2.09. The van der Waals surface area contributed by atoms with Gasteiger partial charge >= 0.3 is 0 Å². The normalized spacial score (nSPS) is 10.7. The van der Waals surface area contributed by atoms with E-state index in [9.17, 15) is 8.78 Å². The first kappa shape index (κ1) is 12.2. The Morgan fingerprint density at radius 1 is 0.950 bits per heavy atom. The quantitative estimate of drug-likeness (QED) is 0.751. The molecule has 0 spiro atoms. The van der Waals surface area contributed by atoms with Crippen LogP contribution in [0.4, 0.5) is 14.6 Å². The van der Waals surface area contributed by atoms with E-state index >= 15 is 0 Å². The molecule has 1 aromatic carbocycles. The molecule has 0 aliphatic rings. The van der Waals surface area contributed by atoms with Gasteiger partial charge in [0.15, 0.2) is 5.82 Å². The molecule has 0 bridgehead atoms. The second kappa shape index (κ2) is 4.69. The van der Waals surface area contributed by atoms with Crippen LogP contribution in [0.1, 0.15) is 0 Å². The van der Waals surface area contributed by atoms with Gasteiger partial charge in [-0.2, -0.15) is 5.10 Å². The SMILES string of the molecule is Nc1n[nH]c(-c2cncnc2)c1-c1cc(F)cc(F)c1. The molecule has 0 aliphatic heterocycles. The lowest BCUT2D eigenvalue weighted by Gasteiger charge is -2.05. The van der Waals surface area contributed by atoms with Gasteiger partial charge < -0.3 is 5.73 Å². The average molecular weight is 273 g/mol. The molecule has 0 radical (unpaired) electrons. The zero-order valence-electron chi connectivity index (χ0n) is 10.1. The molecule has 0 fully saturated rings. The number of nitrogens with one attached hydrogen (secondary N) is 1. The van der Waals surface area contributed by atoms with Gasteiger partial charge in [-0.1, -0.05) is 0 Å². The minimum Gasteiger partial charge on any atom is -0.382 e. The van der Waals surface area contributed by atoms with Gasteiger partial charge in [0.25, 0.3) is 0 Å². The maximum atomic E-state index is 13.3. The number of hydrogen-bond acceptors (Lipinski definition) is 4. The second-order valence-electron chi connectivity index (χ2n) is 4.14. The summed E-state index contributed by atoms with van der Waals surface area (Å²) in [7, 11) is 0. The Morgan fingerprint density at radius 2 is 1.60 bits per heavy atom. The minimum atomic E-state index is -0.684. The molecule has 3 rings (SSSR count). The summed E-state index contributed by atoms with van der Waals surface area (Å²) in [6.07, 6.45) is 4.49. The fraction of sp³-hybridized carbons (Fsp3) is 0. The predicted molar refractivity (Wildman–Crippen MR) is 69.4 cm³/mol. The van der Waals surface area contributed by atoms with Gasteiger partial charge in [-0.15, -0.1) is 0 Å². The molecule has 0 amide bonds. The number of anilines is 1. The number of benzene rings is 1. The Hall–Kier alpha value is -2.83. The molecule has 0 atom stereocenters. The van der Waals surface area contributed by atoms with Gasteiger partial charge in [-0.3, -0.25) is 5.10 Å². The number of H-pyrrole nitrogens is 1. The fourth-order valence-electron chi connectivity index (χ4n) is 1.98. The highest BCUT2D eigenvalue weighted by molar-refractivity contribution is 5.87. The third-order valence-electron chi connectivity index (χ3n) is 2.79. The lowest BCUT2D eigenvalue weighted by molar-refractivity contribution is 0.584. The fourth-order valence-corrected chi connectivity index (χ4v) is 1.98. The van der Waals surface area contributed by atoms with E-state index in [1.54, 1.807) is 12.4 Å².